The summed E-state index contributed by atoms with van der Waals surface area (Å²) < 4.78 is 33.2. The van der Waals surface area contributed by atoms with Gasteiger partial charge in [-0.15, -0.1) is 11.3 Å². The fourth-order valence-corrected chi connectivity index (χ4v) is 4.56. The van der Waals surface area contributed by atoms with Crippen LogP contribution in [0.15, 0.2) is 16.7 Å². The summed E-state index contributed by atoms with van der Waals surface area (Å²) in [6.45, 7) is 2.22. The number of rotatable bonds is 11. The van der Waals surface area contributed by atoms with Gasteiger partial charge in [-0.1, -0.05) is 5.16 Å². The van der Waals surface area contributed by atoms with Crippen LogP contribution in [0.5, 0.6) is 0 Å². The third-order valence-electron chi connectivity index (χ3n) is 5.01. The summed E-state index contributed by atoms with van der Waals surface area (Å²) in [7, 11) is -4.93. The van der Waals surface area contributed by atoms with E-state index < -0.39 is 57.7 Å². The maximum absolute atomic E-state index is 13.1. The first-order chi connectivity index (χ1) is 16.2. The zero-order valence-corrected chi connectivity index (χ0v) is 20.1. The van der Waals surface area contributed by atoms with E-state index in [2.05, 4.69) is 20.3 Å². The number of carboxylic acid groups (broad SMARTS) is 1. The van der Waals surface area contributed by atoms with E-state index in [9.17, 15) is 32.5 Å². The summed E-state index contributed by atoms with van der Waals surface area (Å²) in [4.78, 5) is 47.1. The quantitative estimate of drug-likeness (QED) is 0.114. The standard InChI is InChI=1S/C17H22N8O8S2/c1-17(2,15(28)29)33-23-13(10-7-34-16(19)21-10)12(26)3-9-11(25(14(9)27)35(30,31)32)6-24-20-5-8(4-18)22-24/h5,7,9,11H,3-4,6,18H2,1-2H3,(H2,19,21)(H,28,29)(H,30,31,32)/b23-13-/t9-,11+/m0/s1. The number of hydrogen-bond donors (Lipinski definition) is 4. The minimum atomic E-state index is -4.93. The molecule has 16 nitrogen and oxygen atoms in total. The van der Waals surface area contributed by atoms with Crippen LogP contribution in [0.4, 0.5) is 5.13 Å². The maximum Gasteiger partial charge on any atom is 0.362 e. The van der Waals surface area contributed by atoms with Crippen molar-refractivity contribution in [2.75, 3.05) is 5.73 Å². The number of carboxylic acids is 1. The van der Waals surface area contributed by atoms with Crippen molar-refractivity contribution in [3.63, 3.8) is 0 Å². The highest BCUT2D eigenvalue weighted by atomic mass is 32.2. The SMILES string of the molecule is CC(C)(O/N=C(\C(=O)C[C@@H]1C(=O)N(S(=O)(=O)O)[C@@H]1Cn1ncc(CN)n1)c1csc(N)n1)C(=O)O. The number of amides is 1. The molecule has 18 heteroatoms. The Balaban J connectivity index is 1.89. The van der Waals surface area contributed by atoms with E-state index >= 15 is 0 Å². The van der Waals surface area contributed by atoms with Gasteiger partial charge in [-0.3, -0.25) is 14.1 Å². The van der Waals surface area contributed by atoms with Gasteiger partial charge < -0.3 is 21.4 Å². The molecule has 190 valence electrons. The zero-order valence-electron chi connectivity index (χ0n) is 18.4. The highest BCUT2D eigenvalue weighted by molar-refractivity contribution is 7.84. The fraction of sp³-hybridized carbons (Fsp3) is 0.471. The Kier molecular flexibility index (Phi) is 7.20. The highest BCUT2D eigenvalue weighted by Gasteiger charge is 2.54. The van der Waals surface area contributed by atoms with Crippen molar-refractivity contribution in [1.82, 2.24) is 24.3 Å². The van der Waals surface area contributed by atoms with Crippen molar-refractivity contribution in [3.05, 3.63) is 23.0 Å². The molecule has 0 aromatic carbocycles. The smallest absolute Gasteiger partial charge is 0.362 e. The van der Waals surface area contributed by atoms with Gasteiger partial charge in [-0.05, 0) is 13.8 Å². The molecular formula is C17H22N8O8S2. The summed E-state index contributed by atoms with van der Waals surface area (Å²) in [6.07, 6.45) is 0.783. The van der Waals surface area contributed by atoms with Gasteiger partial charge in [0.15, 0.2) is 16.6 Å². The lowest BCUT2D eigenvalue weighted by molar-refractivity contribution is -0.161. The number of carbonyl (C=O) groups is 3. The fourth-order valence-electron chi connectivity index (χ4n) is 3.10. The molecule has 1 fully saturated rings. The van der Waals surface area contributed by atoms with Crippen LogP contribution in [0, 0.1) is 5.92 Å². The molecule has 1 saturated heterocycles. The van der Waals surface area contributed by atoms with Gasteiger partial charge >= 0.3 is 16.3 Å². The summed E-state index contributed by atoms with van der Waals surface area (Å²) in [5.74, 6) is -4.38. The van der Waals surface area contributed by atoms with Crippen LogP contribution < -0.4 is 11.5 Å². The van der Waals surface area contributed by atoms with Crippen LogP contribution in [0.1, 0.15) is 31.7 Å². The topological polar surface area (TPSA) is 246 Å². The van der Waals surface area contributed by atoms with E-state index in [-0.39, 0.29) is 28.2 Å². The summed E-state index contributed by atoms with van der Waals surface area (Å²) in [5, 5.41) is 22.3. The Morgan fingerprint density at radius 3 is 2.57 bits per heavy atom. The molecule has 3 heterocycles. The average Bonchev–Trinajstić information content (AvgIpc) is 3.39. The minimum Gasteiger partial charge on any atom is -0.478 e. The molecular weight excluding hydrogens is 508 g/mol. The Morgan fingerprint density at radius 1 is 1.37 bits per heavy atom. The first-order valence-electron chi connectivity index (χ1n) is 9.88. The molecule has 1 aliphatic rings. The van der Waals surface area contributed by atoms with Crippen LogP contribution in [0.25, 0.3) is 0 Å². The number of nitrogens with two attached hydrogens (primary N) is 2. The number of carbonyl (C=O) groups excluding carboxylic acids is 2. The largest absolute Gasteiger partial charge is 0.478 e. The zero-order chi connectivity index (χ0) is 26.1. The van der Waals surface area contributed by atoms with Crippen molar-refractivity contribution in [1.29, 1.82) is 0 Å². The molecule has 0 unspecified atom stereocenters. The monoisotopic (exact) mass is 530 g/mol. The number of hydrogen-bond acceptors (Lipinski definition) is 13. The second kappa shape index (κ2) is 9.64. The van der Waals surface area contributed by atoms with E-state index in [0.717, 1.165) is 16.1 Å². The number of β-lactam (4-membered cyclic amide) rings is 1. The van der Waals surface area contributed by atoms with Gasteiger partial charge in [0.1, 0.15) is 5.69 Å². The van der Waals surface area contributed by atoms with Crippen molar-refractivity contribution in [2.24, 2.45) is 16.8 Å². The summed E-state index contributed by atoms with van der Waals surface area (Å²) >= 11 is 0.984. The average molecular weight is 531 g/mol. The summed E-state index contributed by atoms with van der Waals surface area (Å²) in [6, 6.07) is -1.20. The number of aliphatic carboxylic acids is 1. The molecule has 0 bridgehead atoms. The molecule has 1 amide bonds. The molecule has 2 aromatic heterocycles. The number of nitrogen functional groups attached to an aromatic ring is 1. The van der Waals surface area contributed by atoms with Crippen LogP contribution >= 0.6 is 11.3 Å². The molecule has 2 aromatic rings. The third kappa shape index (κ3) is 5.61. The van der Waals surface area contributed by atoms with Crippen molar-refractivity contribution < 1.29 is 37.3 Å². The molecule has 1 aliphatic heterocycles. The lowest BCUT2D eigenvalue weighted by Gasteiger charge is -2.43. The molecule has 0 spiro atoms. The van der Waals surface area contributed by atoms with E-state index in [1.807, 2.05) is 0 Å². The Labute approximate surface area is 202 Å². The summed E-state index contributed by atoms with van der Waals surface area (Å²) in [5.41, 5.74) is 9.28. The van der Waals surface area contributed by atoms with Gasteiger partial charge in [0.05, 0.1) is 30.4 Å². The number of Topliss-reactive ketones (excluding diaryl/α,β-unsaturated/α-hetero) is 1. The Morgan fingerprint density at radius 2 is 2.06 bits per heavy atom. The van der Waals surface area contributed by atoms with E-state index in [0.29, 0.717) is 5.69 Å². The first-order valence-corrected chi connectivity index (χ1v) is 12.2. The number of thiazole rings is 1. The van der Waals surface area contributed by atoms with Gasteiger partial charge in [0, 0.05) is 18.3 Å². The number of nitrogens with zero attached hydrogens (tertiary/aromatic N) is 6. The lowest BCUT2D eigenvalue weighted by Crippen LogP contribution is -2.64. The minimum absolute atomic E-state index is 0.0185. The van der Waals surface area contributed by atoms with Gasteiger partial charge in [-0.25, -0.2) is 14.1 Å². The Bertz CT molecular complexity index is 1280. The molecule has 0 radical (unpaired) electrons. The molecule has 6 N–H and O–H groups in total. The number of ketones is 1. The lowest BCUT2D eigenvalue weighted by atomic mass is 9.84. The van der Waals surface area contributed by atoms with Gasteiger partial charge in [0.25, 0.3) is 0 Å². The van der Waals surface area contributed by atoms with Crippen molar-refractivity contribution in [3.8, 4) is 0 Å². The first kappa shape index (κ1) is 26.1. The van der Waals surface area contributed by atoms with Crippen molar-refractivity contribution in [2.45, 2.75) is 45.0 Å². The number of aromatic nitrogens is 4. The van der Waals surface area contributed by atoms with Gasteiger partial charge in [-0.2, -0.15) is 23.4 Å². The molecule has 3 rings (SSSR count). The molecule has 0 saturated carbocycles. The van der Waals surface area contributed by atoms with E-state index in [1.165, 1.54) is 25.4 Å². The number of anilines is 1. The van der Waals surface area contributed by atoms with E-state index in [4.69, 9.17) is 16.3 Å². The van der Waals surface area contributed by atoms with Crippen LogP contribution in [0.3, 0.4) is 0 Å². The molecule has 0 aliphatic carbocycles. The maximum atomic E-state index is 13.1. The second-order valence-electron chi connectivity index (χ2n) is 7.93. The predicted molar refractivity (Wildman–Crippen MR) is 119 cm³/mol. The van der Waals surface area contributed by atoms with E-state index in [1.54, 1.807) is 0 Å². The normalized spacial score (nSPS) is 18.9. The van der Waals surface area contributed by atoms with Gasteiger partial charge in [0.2, 0.25) is 11.5 Å². The second-order valence-corrected chi connectivity index (χ2v) is 10.1. The van der Waals surface area contributed by atoms with Crippen molar-refractivity contribution >= 4 is 50.1 Å². The van der Waals surface area contributed by atoms with Crippen LogP contribution in [-0.2, 0) is 42.6 Å². The highest BCUT2D eigenvalue weighted by Crippen LogP contribution is 2.33. The molecule has 35 heavy (non-hydrogen) atoms. The Hall–Kier alpha value is -3.48. The van der Waals surface area contributed by atoms with Crippen LogP contribution in [-0.4, -0.2) is 77.4 Å². The number of oxime groups is 1. The molecule has 2 atom stereocenters. The third-order valence-corrected chi connectivity index (χ3v) is 6.63. The predicted octanol–water partition coefficient (Wildman–Crippen LogP) is -1.35. The van der Waals surface area contributed by atoms with Crippen LogP contribution in [0.2, 0.25) is 0 Å².